The highest BCUT2D eigenvalue weighted by Crippen LogP contribution is 2.31. The molecule has 1 atom stereocenters. The van der Waals surface area contributed by atoms with E-state index in [1.165, 1.54) is 31.3 Å². The second-order valence-electron chi connectivity index (χ2n) is 6.59. The van der Waals surface area contributed by atoms with Crippen molar-refractivity contribution in [3.05, 3.63) is 87.3 Å². The molecule has 0 saturated carbocycles. The Kier molecular flexibility index (Phi) is 4.80. The van der Waals surface area contributed by atoms with Crippen molar-refractivity contribution in [2.75, 3.05) is 7.05 Å². The van der Waals surface area contributed by atoms with Gasteiger partial charge in [0.1, 0.15) is 5.92 Å². The Morgan fingerprint density at radius 3 is 2.42 bits per heavy atom. The van der Waals surface area contributed by atoms with Crippen LogP contribution in [-0.4, -0.2) is 43.4 Å². The zero-order chi connectivity index (χ0) is 22.1. The Bertz CT molecular complexity index is 1320. The molecule has 0 bridgehead atoms. The first-order valence-corrected chi connectivity index (χ1v) is 8.98. The maximum absolute atomic E-state index is 12.9. The number of non-ortho nitro benzene ring substituents is 1. The SMILES string of the molecule is CN1C(=O)c2nn(-c3ccc([N+](=O)[O-])cc3)c(=NC#N)nc2C(c2ccccc2)C1=O. The number of aromatic nitrogens is 3. The number of nitriles is 1. The summed E-state index contributed by atoms with van der Waals surface area (Å²) in [5.74, 6) is -2.03. The molecule has 31 heavy (non-hydrogen) atoms. The number of imide groups is 1. The summed E-state index contributed by atoms with van der Waals surface area (Å²) in [6.07, 6.45) is 1.63. The predicted octanol–water partition coefficient (Wildman–Crippen LogP) is 1.30. The minimum Gasteiger partial charge on any atom is -0.279 e. The van der Waals surface area contributed by atoms with Gasteiger partial charge in [-0.3, -0.25) is 24.6 Å². The molecule has 0 spiro atoms. The van der Waals surface area contributed by atoms with Gasteiger partial charge in [-0.15, -0.1) is 4.99 Å². The minimum absolute atomic E-state index is 0.0776. The quantitative estimate of drug-likeness (QED) is 0.271. The van der Waals surface area contributed by atoms with Crippen LogP contribution in [0.2, 0.25) is 0 Å². The van der Waals surface area contributed by atoms with E-state index in [1.54, 1.807) is 36.5 Å². The molecular formula is C20H13N7O4. The van der Waals surface area contributed by atoms with Gasteiger partial charge >= 0.3 is 0 Å². The van der Waals surface area contributed by atoms with Crippen LogP contribution in [0.4, 0.5) is 5.69 Å². The Labute approximate surface area is 174 Å². The van der Waals surface area contributed by atoms with Crippen LogP contribution in [0, 0.1) is 21.6 Å². The number of benzene rings is 2. The fourth-order valence-electron chi connectivity index (χ4n) is 3.28. The Morgan fingerprint density at radius 2 is 1.81 bits per heavy atom. The largest absolute Gasteiger partial charge is 0.282 e. The predicted molar refractivity (Wildman–Crippen MR) is 105 cm³/mol. The van der Waals surface area contributed by atoms with Crippen LogP contribution in [0.1, 0.15) is 27.7 Å². The van der Waals surface area contributed by atoms with Crippen LogP contribution < -0.4 is 5.62 Å². The molecular weight excluding hydrogens is 402 g/mol. The van der Waals surface area contributed by atoms with Gasteiger partial charge in [-0.05, 0) is 17.7 Å². The molecule has 0 aliphatic carbocycles. The van der Waals surface area contributed by atoms with Gasteiger partial charge in [0.15, 0.2) is 5.69 Å². The van der Waals surface area contributed by atoms with Gasteiger partial charge in [-0.25, -0.2) is 4.98 Å². The van der Waals surface area contributed by atoms with E-state index in [-0.39, 0.29) is 22.7 Å². The van der Waals surface area contributed by atoms with Crippen molar-refractivity contribution in [1.29, 1.82) is 5.26 Å². The molecule has 1 aromatic heterocycles. The lowest BCUT2D eigenvalue weighted by Crippen LogP contribution is -2.46. The van der Waals surface area contributed by atoms with E-state index in [1.807, 2.05) is 0 Å². The molecule has 11 nitrogen and oxygen atoms in total. The fraction of sp³-hybridized carbons (Fsp3) is 0.100. The van der Waals surface area contributed by atoms with Crippen LogP contribution in [0.5, 0.6) is 0 Å². The summed E-state index contributed by atoms with van der Waals surface area (Å²) in [4.78, 5) is 45.0. The lowest BCUT2D eigenvalue weighted by molar-refractivity contribution is -0.384. The van der Waals surface area contributed by atoms with Crippen LogP contribution in [0.3, 0.4) is 0 Å². The first-order chi connectivity index (χ1) is 14.9. The van der Waals surface area contributed by atoms with E-state index in [0.717, 1.165) is 9.58 Å². The zero-order valence-corrected chi connectivity index (χ0v) is 16.0. The van der Waals surface area contributed by atoms with E-state index in [2.05, 4.69) is 15.1 Å². The van der Waals surface area contributed by atoms with Gasteiger partial charge < -0.3 is 0 Å². The van der Waals surface area contributed by atoms with E-state index in [4.69, 9.17) is 5.26 Å². The molecule has 152 valence electrons. The normalized spacial score (nSPS) is 16.1. The maximum atomic E-state index is 12.9. The smallest absolute Gasteiger partial charge is 0.279 e. The van der Waals surface area contributed by atoms with E-state index >= 15 is 0 Å². The maximum Gasteiger partial charge on any atom is 0.282 e. The van der Waals surface area contributed by atoms with Crippen LogP contribution in [0.25, 0.3) is 5.69 Å². The Hall–Kier alpha value is -4.72. The number of hydrogen-bond acceptors (Lipinski definition) is 8. The molecule has 1 unspecified atom stereocenters. The third-order valence-electron chi connectivity index (χ3n) is 4.80. The third-order valence-corrected chi connectivity index (χ3v) is 4.80. The molecule has 2 aromatic carbocycles. The number of nitrogens with zero attached hydrogens (tertiary/aromatic N) is 7. The molecule has 0 fully saturated rings. The highest BCUT2D eigenvalue weighted by Gasteiger charge is 2.41. The number of likely N-dealkylation sites (N-methyl/N-ethyl adjacent to an activating group) is 1. The molecule has 0 N–H and O–H groups in total. The van der Waals surface area contributed by atoms with Crippen molar-refractivity contribution in [2.24, 2.45) is 4.99 Å². The van der Waals surface area contributed by atoms with Gasteiger partial charge in [-0.1, -0.05) is 30.3 Å². The molecule has 0 radical (unpaired) electrons. The third kappa shape index (κ3) is 3.32. The Balaban J connectivity index is 1.97. The van der Waals surface area contributed by atoms with E-state index in [0.29, 0.717) is 11.3 Å². The minimum atomic E-state index is -0.898. The number of hydrogen-bond donors (Lipinski definition) is 0. The number of fused-ring (bicyclic) bond motifs is 1. The van der Waals surface area contributed by atoms with Crippen LogP contribution in [0.15, 0.2) is 59.6 Å². The second kappa shape index (κ2) is 7.60. The van der Waals surface area contributed by atoms with E-state index < -0.39 is 22.7 Å². The van der Waals surface area contributed by atoms with Gasteiger partial charge in [-0.2, -0.15) is 15.0 Å². The summed E-state index contributed by atoms with van der Waals surface area (Å²) in [5, 5.41) is 24.3. The lowest BCUT2D eigenvalue weighted by Gasteiger charge is -2.29. The number of nitro groups is 1. The molecule has 3 aromatic rings. The highest BCUT2D eigenvalue weighted by molar-refractivity contribution is 6.10. The second-order valence-corrected chi connectivity index (χ2v) is 6.59. The summed E-state index contributed by atoms with van der Waals surface area (Å²) < 4.78 is 1.13. The number of nitro benzene ring substituents is 1. The summed E-state index contributed by atoms with van der Waals surface area (Å²) in [7, 11) is 1.36. The molecule has 4 rings (SSSR count). The van der Waals surface area contributed by atoms with Gasteiger partial charge in [0.05, 0.1) is 16.3 Å². The molecule has 1 aliphatic rings. The summed E-state index contributed by atoms with van der Waals surface area (Å²) >= 11 is 0. The summed E-state index contributed by atoms with van der Waals surface area (Å²) in [6.45, 7) is 0. The number of rotatable bonds is 3. The van der Waals surface area contributed by atoms with Crippen molar-refractivity contribution < 1.29 is 14.5 Å². The van der Waals surface area contributed by atoms with Crippen LogP contribution >= 0.6 is 0 Å². The van der Waals surface area contributed by atoms with Crippen LogP contribution in [-0.2, 0) is 4.79 Å². The van der Waals surface area contributed by atoms with Crippen molar-refractivity contribution in [3.8, 4) is 11.9 Å². The van der Waals surface area contributed by atoms with Crippen molar-refractivity contribution >= 4 is 17.5 Å². The Morgan fingerprint density at radius 1 is 1.13 bits per heavy atom. The van der Waals surface area contributed by atoms with Crippen molar-refractivity contribution in [3.63, 3.8) is 0 Å². The lowest BCUT2D eigenvalue weighted by atomic mass is 9.90. The molecule has 2 heterocycles. The van der Waals surface area contributed by atoms with Gasteiger partial charge in [0.25, 0.3) is 17.2 Å². The average Bonchev–Trinajstić information content (AvgIpc) is 2.78. The van der Waals surface area contributed by atoms with Crippen molar-refractivity contribution in [2.45, 2.75) is 5.92 Å². The standard InChI is InChI=1S/C20H13N7O4/c1-25-18(28)15(12-5-3-2-4-6-12)16-17(19(25)29)24-26(20(23-16)22-11-21)13-7-9-14(10-8-13)27(30)31/h2-10,15H,1H3. The first-order valence-electron chi connectivity index (χ1n) is 8.98. The fourth-order valence-corrected chi connectivity index (χ4v) is 3.28. The van der Waals surface area contributed by atoms with Crippen molar-refractivity contribution in [1.82, 2.24) is 19.7 Å². The number of carbonyl (C=O) groups is 2. The monoisotopic (exact) mass is 415 g/mol. The average molecular weight is 415 g/mol. The molecule has 0 saturated heterocycles. The molecule has 2 amide bonds. The van der Waals surface area contributed by atoms with Gasteiger partial charge in [0, 0.05) is 19.2 Å². The zero-order valence-electron chi connectivity index (χ0n) is 16.0. The van der Waals surface area contributed by atoms with Gasteiger partial charge in [0.2, 0.25) is 12.1 Å². The highest BCUT2D eigenvalue weighted by atomic mass is 16.6. The number of carbonyl (C=O) groups excluding carboxylic acids is 2. The molecule has 1 aliphatic heterocycles. The topological polar surface area (TPSA) is 147 Å². The van der Waals surface area contributed by atoms with E-state index in [9.17, 15) is 19.7 Å². The first kappa shape index (κ1) is 19.6. The summed E-state index contributed by atoms with van der Waals surface area (Å²) in [6, 6.07) is 14.1. The summed E-state index contributed by atoms with van der Waals surface area (Å²) in [5.41, 5.74) is 0.621. The number of amides is 2. The molecule has 11 heteroatoms.